The monoisotopic (exact) mass is 396 g/mol. The molecule has 1 N–H and O–H groups in total. The number of nitrogens with zero attached hydrogens (tertiary/aromatic N) is 3. The molecule has 4 amide bonds. The predicted octanol–water partition coefficient (Wildman–Crippen LogP) is 1.57. The number of fused-ring (bicyclic) bond motifs is 1. The highest BCUT2D eigenvalue weighted by Crippen LogP contribution is 2.25. The number of piperidine rings is 1. The summed E-state index contributed by atoms with van der Waals surface area (Å²) in [5.41, 5.74) is 0.927. The quantitative estimate of drug-likeness (QED) is 0.760. The fourth-order valence-electron chi connectivity index (χ4n) is 3.68. The normalized spacial score (nSPS) is 16.8. The topological polar surface area (TPSA) is 111 Å². The van der Waals surface area contributed by atoms with Gasteiger partial charge in [0.2, 0.25) is 5.91 Å². The fraction of sp³-hybridized carbons (Fsp3) is 0.476. The second-order valence-corrected chi connectivity index (χ2v) is 7.84. The van der Waals surface area contributed by atoms with E-state index in [0.29, 0.717) is 43.6 Å². The molecule has 0 bridgehead atoms. The molecule has 3 rings (SSSR count). The van der Waals surface area contributed by atoms with Crippen LogP contribution in [0.3, 0.4) is 0 Å². The minimum atomic E-state index is -0.363. The second kappa shape index (κ2) is 8.43. The summed E-state index contributed by atoms with van der Waals surface area (Å²) < 4.78 is 0. The van der Waals surface area contributed by atoms with Gasteiger partial charge in [-0.15, -0.1) is 0 Å². The molecule has 8 nitrogen and oxygen atoms in total. The van der Waals surface area contributed by atoms with Crippen molar-refractivity contribution in [1.82, 2.24) is 15.1 Å². The molecule has 152 valence electrons. The van der Waals surface area contributed by atoms with E-state index in [0.717, 1.165) is 0 Å². The highest BCUT2D eigenvalue weighted by Gasteiger charge is 2.36. The first-order valence-corrected chi connectivity index (χ1v) is 9.77. The van der Waals surface area contributed by atoms with Crippen LogP contribution in [0.5, 0.6) is 0 Å². The lowest BCUT2D eigenvalue weighted by atomic mass is 10.0. The molecule has 1 aromatic carbocycles. The first-order chi connectivity index (χ1) is 13.8. The minimum Gasteiger partial charge on any atom is -0.349 e. The number of benzene rings is 1. The lowest BCUT2D eigenvalue weighted by molar-refractivity contribution is -0.131. The molecule has 29 heavy (non-hydrogen) atoms. The number of rotatable bonds is 5. The summed E-state index contributed by atoms with van der Waals surface area (Å²) in [6.07, 6.45) is 1.08. The van der Waals surface area contributed by atoms with Gasteiger partial charge in [-0.1, -0.05) is 13.8 Å². The summed E-state index contributed by atoms with van der Waals surface area (Å²) in [5.74, 6) is -1.02. The van der Waals surface area contributed by atoms with Crippen molar-refractivity contribution < 1.29 is 19.2 Å². The Kier molecular flexibility index (Phi) is 5.97. The summed E-state index contributed by atoms with van der Waals surface area (Å²) in [6, 6.07) is 6.35. The van der Waals surface area contributed by atoms with Gasteiger partial charge in [-0.3, -0.25) is 24.1 Å². The van der Waals surface area contributed by atoms with E-state index in [1.807, 2.05) is 19.9 Å². The van der Waals surface area contributed by atoms with Crippen LogP contribution in [-0.4, -0.2) is 59.1 Å². The number of nitriles is 1. The average molecular weight is 396 g/mol. The average Bonchev–Trinajstić information content (AvgIpc) is 2.92. The molecule has 1 fully saturated rings. The van der Waals surface area contributed by atoms with Crippen LogP contribution < -0.4 is 5.32 Å². The van der Waals surface area contributed by atoms with Gasteiger partial charge >= 0.3 is 0 Å². The first-order valence-electron chi connectivity index (χ1n) is 9.77. The molecule has 0 aliphatic carbocycles. The molecule has 1 saturated heterocycles. The molecule has 8 heteroatoms. The number of hydrogen-bond donors (Lipinski definition) is 1. The maximum absolute atomic E-state index is 12.6. The van der Waals surface area contributed by atoms with Crippen LogP contribution in [0.2, 0.25) is 0 Å². The van der Waals surface area contributed by atoms with E-state index in [4.69, 9.17) is 5.26 Å². The van der Waals surface area contributed by atoms with Crippen molar-refractivity contribution in [3.05, 3.63) is 34.9 Å². The zero-order valence-corrected chi connectivity index (χ0v) is 16.6. The molecular weight excluding hydrogens is 372 g/mol. The van der Waals surface area contributed by atoms with Crippen LogP contribution in [0.25, 0.3) is 0 Å². The Morgan fingerprint density at radius 1 is 1.17 bits per heavy atom. The molecule has 2 heterocycles. The molecule has 0 saturated carbocycles. The van der Waals surface area contributed by atoms with Gasteiger partial charge in [0.25, 0.3) is 17.7 Å². The molecule has 0 aromatic heterocycles. The van der Waals surface area contributed by atoms with Crippen molar-refractivity contribution in [2.75, 3.05) is 19.6 Å². The van der Waals surface area contributed by atoms with E-state index >= 15 is 0 Å². The number of nitrogens with one attached hydrogen (secondary N) is 1. The van der Waals surface area contributed by atoms with Gasteiger partial charge in [-0.25, -0.2) is 0 Å². The van der Waals surface area contributed by atoms with Gasteiger partial charge in [0.1, 0.15) is 6.42 Å². The van der Waals surface area contributed by atoms with Gasteiger partial charge in [-0.05, 0) is 37.0 Å². The molecule has 1 aromatic rings. The van der Waals surface area contributed by atoms with Crippen molar-refractivity contribution in [1.29, 1.82) is 5.26 Å². The summed E-state index contributed by atoms with van der Waals surface area (Å²) in [4.78, 5) is 52.3. The van der Waals surface area contributed by atoms with Gasteiger partial charge in [-0.2, -0.15) is 5.26 Å². The Morgan fingerprint density at radius 2 is 1.83 bits per heavy atom. The maximum atomic E-state index is 12.6. The first kappa shape index (κ1) is 20.5. The Hall–Kier alpha value is -3.21. The molecule has 2 aliphatic rings. The highest BCUT2D eigenvalue weighted by molar-refractivity contribution is 6.22. The Labute approximate surface area is 169 Å². The van der Waals surface area contributed by atoms with Crippen LogP contribution in [0.15, 0.2) is 18.2 Å². The van der Waals surface area contributed by atoms with E-state index in [-0.39, 0.29) is 47.6 Å². The van der Waals surface area contributed by atoms with Gasteiger partial charge < -0.3 is 10.2 Å². The number of amides is 4. The Morgan fingerprint density at radius 3 is 2.45 bits per heavy atom. The minimum absolute atomic E-state index is 0.0864. The van der Waals surface area contributed by atoms with Crippen molar-refractivity contribution in [3.8, 4) is 6.07 Å². The van der Waals surface area contributed by atoms with Crippen LogP contribution >= 0.6 is 0 Å². The van der Waals surface area contributed by atoms with Crippen molar-refractivity contribution in [2.45, 2.75) is 39.2 Å². The third-order valence-corrected chi connectivity index (χ3v) is 5.19. The van der Waals surface area contributed by atoms with Crippen LogP contribution in [-0.2, 0) is 4.79 Å². The van der Waals surface area contributed by atoms with Crippen LogP contribution in [0.1, 0.15) is 64.2 Å². The molecule has 0 unspecified atom stereocenters. The maximum Gasteiger partial charge on any atom is 0.261 e. The predicted molar refractivity (Wildman–Crippen MR) is 104 cm³/mol. The fourth-order valence-corrected chi connectivity index (χ4v) is 3.68. The number of likely N-dealkylation sites (tertiary alicyclic amines) is 1. The van der Waals surface area contributed by atoms with Gasteiger partial charge in [0.15, 0.2) is 0 Å². The number of carbonyl (C=O) groups is 4. The largest absolute Gasteiger partial charge is 0.349 e. The number of imide groups is 1. The SMILES string of the molecule is CC(C)CN1C(=O)c2ccc(C(=O)NC3CCN(C(=O)CC#N)CC3)cc2C1=O. The molecule has 0 radical (unpaired) electrons. The summed E-state index contributed by atoms with van der Waals surface area (Å²) in [6.45, 7) is 5.19. The standard InChI is InChI=1S/C21H24N4O4/c1-13(2)12-25-20(28)16-4-3-14(11-17(16)21(25)29)19(27)23-15-6-9-24(10-7-15)18(26)5-8-22/h3-4,11,13,15H,5-7,9-10,12H2,1-2H3,(H,23,27). The number of hydrogen-bond acceptors (Lipinski definition) is 5. The Bertz CT molecular complexity index is 894. The van der Waals surface area contributed by atoms with E-state index < -0.39 is 0 Å². The van der Waals surface area contributed by atoms with Crippen LogP contribution in [0, 0.1) is 17.2 Å². The van der Waals surface area contributed by atoms with Crippen LogP contribution in [0.4, 0.5) is 0 Å². The summed E-state index contributed by atoms with van der Waals surface area (Å²) >= 11 is 0. The number of carbonyl (C=O) groups excluding carboxylic acids is 4. The van der Waals surface area contributed by atoms with E-state index in [9.17, 15) is 19.2 Å². The van der Waals surface area contributed by atoms with Crippen molar-refractivity contribution in [3.63, 3.8) is 0 Å². The van der Waals surface area contributed by atoms with Crippen molar-refractivity contribution >= 4 is 23.6 Å². The highest BCUT2D eigenvalue weighted by atomic mass is 16.2. The van der Waals surface area contributed by atoms with Gasteiger partial charge in [0, 0.05) is 31.2 Å². The third kappa shape index (κ3) is 4.29. The van der Waals surface area contributed by atoms with E-state index in [1.165, 1.54) is 17.0 Å². The Balaban J connectivity index is 1.63. The van der Waals surface area contributed by atoms with Gasteiger partial charge in [0.05, 0.1) is 17.2 Å². The van der Waals surface area contributed by atoms with E-state index in [2.05, 4.69) is 5.32 Å². The van der Waals surface area contributed by atoms with Crippen molar-refractivity contribution in [2.24, 2.45) is 5.92 Å². The zero-order valence-electron chi connectivity index (χ0n) is 16.6. The molecule has 0 spiro atoms. The lowest BCUT2D eigenvalue weighted by Gasteiger charge is -2.32. The second-order valence-electron chi connectivity index (χ2n) is 7.84. The summed E-state index contributed by atoms with van der Waals surface area (Å²) in [5, 5.41) is 11.6. The molecule has 0 atom stereocenters. The third-order valence-electron chi connectivity index (χ3n) is 5.19. The zero-order chi connectivity index (χ0) is 21.1. The molecular formula is C21H24N4O4. The molecule has 2 aliphatic heterocycles. The smallest absolute Gasteiger partial charge is 0.261 e. The summed E-state index contributed by atoms with van der Waals surface area (Å²) in [7, 11) is 0. The van der Waals surface area contributed by atoms with E-state index in [1.54, 1.807) is 11.0 Å². The lowest BCUT2D eigenvalue weighted by Crippen LogP contribution is -2.46.